The van der Waals surface area contributed by atoms with Crippen LogP contribution in [0, 0.1) is 0 Å². The topological polar surface area (TPSA) is 73.0 Å². The first-order chi connectivity index (χ1) is 14.2. The number of carbonyl (C=O) groups excluding carboxylic acids is 1. The van der Waals surface area contributed by atoms with Crippen molar-refractivity contribution in [2.45, 2.75) is 49.7 Å². The molecular weight excluding hydrogens is 384 g/mol. The normalized spacial score (nSPS) is 15.5. The molecular formula is C22H26N4O2S. The molecule has 152 valence electrons. The van der Waals surface area contributed by atoms with Gasteiger partial charge in [0.25, 0.3) is 0 Å². The summed E-state index contributed by atoms with van der Waals surface area (Å²) in [4.78, 5) is 12.6. The Morgan fingerprint density at radius 3 is 2.66 bits per heavy atom. The molecule has 0 atom stereocenters. The molecule has 0 aliphatic heterocycles. The molecule has 1 N–H and O–H groups in total. The Kier molecular flexibility index (Phi) is 6.04. The molecule has 1 amide bonds. The van der Waals surface area contributed by atoms with Crippen LogP contribution in [0.15, 0.2) is 58.3 Å². The van der Waals surface area contributed by atoms with Crippen molar-refractivity contribution in [2.24, 2.45) is 0 Å². The summed E-state index contributed by atoms with van der Waals surface area (Å²) in [6.45, 7) is 3.43. The second kappa shape index (κ2) is 8.86. The van der Waals surface area contributed by atoms with E-state index in [2.05, 4.69) is 39.8 Å². The minimum atomic E-state index is 0.0300. The van der Waals surface area contributed by atoms with Gasteiger partial charge in [0, 0.05) is 18.5 Å². The largest absolute Gasteiger partial charge is 0.461 e. The Bertz CT molecular complexity index is 931. The highest BCUT2D eigenvalue weighted by atomic mass is 32.2. The number of nitrogens with zero attached hydrogens (tertiary/aromatic N) is 3. The molecule has 0 bridgehead atoms. The van der Waals surface area contributed by atoms with Gasteiger partial charge >= 0.3 is 0 Å². The van der Waals surface area contributed by atoms with E-state index in [1.54, 1.807) is 6.26 Å². The highest BCUT2D eigenvalue weighted by Crippen LogP contribution is 2.40. The number of rotatable bonds is 8. The first-order valence-electron chi connectivity index (χ1n) is 10.1. The van der Waals surface area contributed by atoms with Crippen LogP contribution in [0.1, 0.15) is 38.2 Å². The highest BCUT2D eigenvalue weighted by molar-refractivity contribution is 7.99. The zero-order chi connectivity index (χ0) is 20.1. The monoisotopic (exact) mass is 410 g/mol. The van der Waals surface area contributed by atoms with Gasteiger partial charge in [-0.25, -0.2) is 0 Å². The van der Waals surface area contributed by atoms with E-state index in [4.69, 9.17) is 4.42 Å². The summed E-state index contributed by atoms with van der Waals surface area (Å²) in [5, 5.41) is 12.4. The smallest absolute Gasteiger partial charge is 0.230 e. The standard InChI is InChI=1S/C22H26N4O2S/c1-2-26-20(18-11-8-14-28-18)24-25-21(26)29-15-19(27)23-16-22(12-6-7-13-22)17-9-4-3-5-10-17/h3-5,8-11,14H,2,6-7,12-13,15-16H2,1H3,(H,23,27). The van der Waals surface area contributed by atoms with E-state index in [9.17, 15) is 4.79 Å². The van der Waals surface area contributed by atoms with Gasteiger partial charge in [0.2, 0.25) is 5.91 Å². The van der Waals surface area contributed by atoms with Crippen LogP contribution >= 0.6 is 11.8 Å². The van der Waals surface area contributed by atoms with Crippen LogP contribution in [0.3, 0.4) is 0 Å². The molecule has 6 nitrogen and oxygen atoms in total. The highest BCUT2D eigenvalue weighted by Gasteiger charge is 2.35. The van der Waals surface area contributed by atoms with Gasteiger partial charge in [0.1, 0.15) is 0 Å². The summed E-state index contributed by atoms with van der Waals surface area (Å²) in [6, 6.07) is 14.3. The van der Waals surface area contributed by atoms with Crippen LogP contribution in [0.2, 0.25) is 0 Å². The van der Waals surface area contributed by atoms with E-state index in [0.29, 0.717) is 30.4 Å². The number of thioether (sulfide) groups is 1. The molecule has 1 aromatic carbocycles. The van der Waals surface area contributed by atoms with Gasteiger partial charge < -0.3 is 9.73 Å². The van der Waals surface area contributed by atoms with Gasteiger partial charge in [-0.2, -0.15) is 0 Å². The van der Waals surface area contributed by atoms with Gasteiger partial charge in [0.15, 0.2) is 16.7 Å². The van der Waals surface area contributed by atoms with E-state index in [1.165, 1.54) is 30.2 Å². The van der Waals surface area contributed by atoms with Crippen molar-refractivity contribution in [3.63, 3.8) is 0 Å². The second-order valence-electron chi connectivity index (χ2n) is 7.45. The van der Waals surface area contributed by atoms with Crippen LogP contribution in [0.5, 0.6) is 0 Å². The molecule has 4 rings (SSSR count). The van der Waals surface area contributed by atoms with Crippen molar-refractivity contribution in [3.05, 3.63) is 54.3 Å². The fraction of sp³-hybridized carbons (Fsp3) is 0.409. The minimum absolute atomic E-state index is 0.0300. The second-order valence-corrected chi connectivity index (χ2v) is 8.39. The summed E-state index contributed by atoms with van der Waals surface area (Å²) < 4.78 is 7.41. The number of aromatic nitrogens is 3. The van der Waals surface area contributed by atoms with Gasteiger partial charge in [-0.1, -0.05) is 54.9 Å². The lowest BCUT2D eigenvalue weighted by Crippen LogP contribution is -2.39. The molecule has 3 aromatic rings. The molecule has 0 spiro atoms. The summed E-state index contributed by atoms with van der Waals surface area (Å²) in [6.07, 6.45) is 6.31. The molecule has 29 heavy (non-hydrogen) atoms. The van der Waals surface area contributed by atoms with Gasteiger partial charge in [-0.05, 0) is 37.5 Å². The Morgan fingerprint density at radius 1 is 1.17 bits per heavy atom. The SMILES string of the molecule is CCn1c(SCC(=O)NCC2(c3ccccc3)CCCC2)nnc1-c1ccco1. The Hall–Kier alpha value is -2.54. The van der Waals surface area contributed by atoms with Crippen molar-refractivity contribution in [3.8, 4) is 11.6 Å². The van der Waals surface area contributed by atoms with Gasteiger partial charge in [0.05, 0.1) is 12.0 Å². The average Bonchev–Trinajstić information content (AvgIpc) is 3.52. The third kappa shape index (κ3) is 4.24. The first kappa shape index (κ1) is 19.8. The Labute approximate surface area is 175 Å². The zero-order valence-electron chi connectivity index (χ0n) is 16.6. The van der Waals surface area contributed by atoms with Crippen molar-refractivity contribution in [2.75, 3.05) is 12.3 Å². The Balaban J connectivity index is 1.37. The fourth-order valence-corrected chi connectivity index (χ4v) is 4.96. The number of benzene rings is 1. The number of hydrogen-bond acceptors (Lipinski definition) is 5. The van der Waals surface area contributed by atoms with Crippen molar-refractivity contribution >= 4 is 17.7 Å². The number of hydrogen-bond donors (Lipinski definition) is 1. The zero-order valence-corrected chi connectivity index (χ0v) is 17.5. The number of carbonyl (C=O) groups is 1. The molecule has 0 saturated heterocycles. The quantitative estimate of drug-likeness (QED) is 0.561. The van der Waals surface area contributed by atoms with Crippen LogP contribution in [0.25, 0.3) is 11.6 Å². The molecule has 1 aliphatic carbocycles. The van der Waals surface area contributed by atoms with E-state index in [0.717, 1.165) is 18.0 Å². The summed E-state index contributed by atoms with van der Waals surface area (Å²) >= 11 is 1.41. The van der Waals surface area contributed by atoms with Crippen molar-refractivity contribution < 1.29 is 9.21 Å². The average molecular weight is 411 g/mol. The molecule has 2 heterocycles. The summed E-state index contributed by atoms with van der Waals surface area (Å²) in [7, 11) is 0. The number of furan rings is 1. The van der Waals surface area contributed by atoms with Gasteiger partial charge in [-0.15, -0.1) is 10.2 Å². The lowest BCUT2D eigenvalue weighted by molar-refractivity contribution is -0.118. The summed E-state index contributed by atoms with van der Waals surface area (Å²) in [5.74, 6) is 1.72. The molecule has 2 aromatic heterocycles. The summed E-state index contributed by atoms with van der Waals surface area (Å²) in [5.41, 5.74) is 1.40. The third-order valence-corrected chi connectivity index (χ3v) is 6.64. The predicted octanol–water partition coefficient (Wildman–Crippen LogP) is 4.28. The minimum Gasteiger partial charge on any atom is -0.461 e. The molecule has 0 radical (unpaired) electrons. The third-order valence-electron chi connectivity index (χ3n) is 5.68. The maximum Gasteiger partial charge on any atom is 0.230 e. The maximum atomic E-state index is 12.6. The lowest BCUT2D eigenvalue weighted by atomic mass is 9.79. The maximum absolute atomic E-state index is 12.6. The number of amides is 1. The molecule has 0 unspecified atom stereocenters. The van der Waals surface area contributed by atoms with Crippen LogP contribution < -0.4 is 5.32 Å². The van der Waals surface area contributed by atoms with Crippen molar-refractivity contribution in [1.29, 1.82) is 0 Å². The van der Waals surface area contributed by atoms with Crippen LogP contribution in [0.4, 0.5) is 0 Å². The van der Waals surface area contributed by atoms with Gasteiger partial charge in [-0.3, -0.25) is 9.36 Å². The molecule has 1 saturated carbocycles. The molecule has 1 aliphatic rings. The lowest BCUT2D eigenvalue weighted by Gasteiger charge is -2.30. The van der Waals surface area contributed by atoms with E-state index in [-0.39, 0.29) is 11.3 Å². The number of nitrogens with one attached hydrogen (secondary N) is 1. The van der Waals surface area contributed by atoms with E-state index < -0.39 is 0 Å². The molecule has 7 heteroatoms. The molecule has 1 fully saturated rings. The van der Waals surface area contributed by atoms with E-state index in [1.807, 2.05) is 29.7 Å². The Morgan fingerprint density at radius 2 is 1.97 bits per heavy atom. The van der Waals surface area contributed by atoms with Crippen LogP contribution in [-0.4, -0.2) is 33.0 Å². The predicted molar refractivity (Wildman–Crippen MR) is 114 cm³/mol. The van der Waals surface area contributed by atoms with E-state index >= 15 is 0 Å². The van der Waals surface area contributed by atoms with Crippen LogP contribution in [-0.2, 0) is 16.8 Å². The fourth-order valence-electron chi connectivity index (χ4n) is 4.13. The first-order valence-corrected chi connectivity index (χ1v) is 11.1. The van der Waals surface area contributed by atoms with Crippen molar-refractivity contribution in [1.82, 2.24) is 20.1 Å².